The van der Waals surface area contributed by atoms with E-state index in [1.54, 1.807) is 44.4 Å². The number of carbonyl (C=O) groups excluding carboxylic acids is 1. The van der Waals surface area contributed by atoms with E-state index in [4.69, 9.17) is 37.4 Å². The topological polar surface area (TPSA) is 60.0 Å². The number of amides is 2. The molecule has 3 aromatic carbocycles. The number of para-hydroxylation sites is 1. The fraction of sp³-hybridized carbons (Fsp3) is 0.240. The van der Waals surface area contributed by atoms with Gasteiger partial charge in [0.25, 0.3) is 0 Å². The number of hydrogen-bond donors (Lipinski definition) is 1. The number of carbonyl (C=O) groups is 1. The second kappa shape index (κ2) is 11.7. The van der Waals surface area contributed by atoms with Gasteiger partial charge in [-0.05, 0) is 48.4 Å². The summed E-state index contributed by atoms with van der Waals surface area (Å²) in [5, 5.41) is 3.70. The molecule has 6 nitrogen and oxygen atoms in total. The summed E-state index contributed by atoms with van der Waals surface area (Å²) in [5.74, 6) is 2.02. The van der Waals surface area contributed by atoms with Crippen LogP contribution in [0.5, 0.6) is 17.2 Å². The molecule has 0 aromatic heterocycles. The lowest BCUT2D eigenvalue weighted by atomic mass is 10.1. The molecule has 0 saturated carbocycles. The van der Waals surface area contributed by atoms with Crippen molar-refractivity contribution in [1.82, 2.24) is 4.90 Å². The van der Waals surface area contributed by atoms with Gasteiger partial charge in [-0.2, -0.15) is 0 Å². The average molecular weight is 489 g/mol. The minimum absolute atomic E-state index is 0.264. The van der Waals surface area contributed by atoms with Crippen LogP contribution in [0.2, 0.25) is 10.0 Å². The lowest BCUT2D eigenvalue weighted by Gasteiger charge is -2.24. The van der Waals surface area contributed by atoms with Gasteiger partial charge in [0.2, 0.25) is 0 Å². The molecule has 0 unspecified atom stereocenters. The Morgan fingerprint density at radius 1 is 0.848 bits per heavy atom. The van der Waals surface area contributed by atoms with Crippen molar-refractivity contribution in [1.29, 1.82) is 0 Å². The predicted molar refractivity (Wildman–Crippen MR) is 132 cm³/mol. The van der Waals surface area contributed by atoms with Gasteiger partial charge in [0.1, 0.15) is 5.75 Å². The molecule has 0 fully saturated rings. The molecule has 0 aliphatic heterocycles. The second-order valence-electron chi connectivity index (χ2n) is 7.23. The van der Waals surface area contributed by atoms with Crippen molar-refractivity contribution in [2.75, 3.05) is 33.2 Å². The summed E-state index contributed by atoms with van der Waals surface area (Å²) in [5.41, 5.74) is 2.47. The molecule has 33 heavy (non-hydrogen) atoms. The van der Waals surface area contributed by atoms with Crippen LogP contribution in [0.1, 0.15) is 11.1 Å². The van der Waals surface area contributed by atoms with Gasteiger partial charge in [0, 0.05) is 17.8 Å². The van der Waals surface area contributed by atoms with Gasteiger partial charge in [-0.25, -0.2) is 4.79 Å². The second-order valence-corrected chi connectivity index (χ2v) is 8.05. The Bertz CT molecular complexity index is 1110. The lowest BCUT2D eigenvalue weighted by Crippen LogP contribution is -2.36. The Labute approximate surface area is 204 Å². The highest BCUT2D eigenvalue weighted by atomic mass is 35.5. The van der Waals surface area contributed by atoms with Gasteiger partial charge >= 0.3 is 6.03 Å². The first-order valence-corrected chi connectivity index (χ1v) is 11.0. The number of nitrogens with zero attached hydrogens (tertiary/aromatic N) is 1. The Morgan fingerprint density at radius 3 is 2.27 bits per heavy atom. The monoisotopic (exact) mass is 488 g/mol. The van der Waals surface area contributed by atoms with Gasteiger partial charge in [0.15, 0.2) is 11.5 Å². The van der Waals surface area contributed by atoms with Crippen LogP contribution >= 0.6 is 23.2 Å². The smallest absolute Gasteiger partial charge is 0.322 e. The molecule has 174 valence electrons. The van der Waals surface area contributed by atoms with E-state index in [2.05, 4.69) is 5.32 Å². The molecule has 0 radical (unpaired) electrons. The number of benzene rings is 3. The minimum atomic E-state index is -0.264. The van der Waals surface area contributed by atoms with Crippen LogP contribution in [-0.2, 0) is 13.0 Å². The van der Waals surface area contributed by atoms with E-state index in [1.807, 2.05) is 42.5 Å². The molecule has 0 atom stereocenters. The van der Waals surface area contributed by atoms with Crippen molar-refractivity contribution < 1.29 is 19.0 Å². The Kier molecular flexibility index (Phi) is 8.69. The van der Waals surface area contributed by atoms with E-state index < -0.39 is 0 Å². The molecule has 2 amide bonds. The molecule has 0 heterocycles. The third-order valence-corrected chi connectivity index (χ3v) is 5.87. The van der Waals surface area contributed by atoms with Crippen molar-refractivity contribution >= 4 is 34.9 Å². The normalized spacial score (nSPS) is 10.5. The first-order valence-electron chi connectivity index (χ1n) is 10.3. The average Bonchev–Trinajstić information content (AvgIpc) is 2.83. The van der Waals surface area contributed by atoms with Gasteiger partial charge in [0.05, 0.1) is 37.9 Å². The summed E-state index contributed by atoms with van der Waals surface area (Å²) in [4.78, 5) is 14.9. The standard InChI is InChI=1S/C25H26Cl2N2O4/c1-31-22-7-5-4-6-18(22)16-29(25(30)28-19-9-10-20(26)21(27)15-19)13-12-17-8-11-23(32-2)24(14-17)33-3/h4-11,14-15H,12-13,16H2,1-3H3,(H,28,30). The Balaban J connectivity index is 1.81. The van der Waals surface area contributed by atoms with E-state index in [0.29, 0.717) is 46.7 Å². The molecule has 0 bridgehead atoms. The molecule has 0 spiro atoms. The minimum Gasteiger partial charge on any atom is -0.496 e. The van der Waals surface area contributed by atoms with E-state index in [1.165, 1.54) is 0 Å². The molecule has 0 aliphatic rings. The number of halogens is 2. The summed E-state index contributed by atoms with van der Waals surface area (Å²) >= 11 is 12.1. The zero-order chi connectivity index (χ0) is 23.8. The number of methoxy groups -OCH3 is 3. The van der Waals surface area contributed by atoms with Crippen molar-refractivity contribution in [3.05, 3.63) is 81.8 Å². The Morgan fingerprint density at radius 2 is 1.58 bits per heavy atom. The highest BCUT2D eigenvalue weighted by Gasteiger charge is 2.17. The zero-order valence-electron chi connectivity index (χ0n) is 18.7. The van der Waals surface area contributed by atoms with Crippen molar-refractivity contribution in [3.63, 3.8) is 0 Å². The van der Waals surface area contributed by atoms with Gasteiger partial charge in [-0.3, -0.25) is 0 Å². The first kappa shape index (κ1) is 24.6. The molecule has 3 rings (SSSR count). The molecule has 3 aromatic rings. The van der Waals surface area contributed by atoms with E-state index in [9.17, 15) is 4.79 Å². The first-order chi connectivity index (χ1) is 15.9. The third kappa shape index (κ3) is 6.46. The van der Waals surface area contributed by atoms with Crippen LogP contribution in [0.3, 0.4) is 0 Å². The molecule has 0 saturated heterocycles. The number of nitrogens with one attached hydrogen (secondary N) is 1. The van der Waals surface area contributed by atoms with Crippen LogP contribution in [0.25, 0.3) is 0 Å². The number of anilines is 1. The number of rotatable bonds is 9. The SMILES string of the molecule is COc1ccccc1CN(CCc1ccc(OC)c(OC)c1)C(=O)Nc1ccc(Cl)c(Cl)c1. The van der Waals surface area contributed by atoms with Crippen LogP contribution in [-0.4, -0.2) is 38.8 Å². The van der Waals surface area contributed by atoms with Crippen LogP contribution in [0.15, 0.2) is 60.7 Å². The van der Waals surface area contributed by atoms with E-state index in [0.717, 1.165) is 16.9 Å². The molecular weight excluding hydrogens is 463 g/mol. The summed E-state index contributed by atoms with van der Waals surface area (Å²) < 4.78 is 16.2. The van der Waals surface area contributed by atoms with Crippen molar-refractivity contribution in [2.24, 2.45) is 0 Å². The quantitative estimate of drug-likeness (QED) is 0.384. The molecule has 8 heteroatoms. The van der Waals surface area contributed by atoms with Crippen molar-refractivity contribution in [3.8, 4) is 17.2 Å². The number of ether oxygens (including phenoxy) is 3. The zero-order valence-corrected chi connectivity index (χ0v) is 20.2. The van der Waals surface area contributed by atoms with Gasteiger partial charge in [-0.15, -0.1) is 0 Å². The van der Waals surface area contributed by atoms with Crippen LogP contribution in [0, 0.1) is 0 Å². The van der Waals surface area contributed by atoms with Gasteiger partial charge in [-0.1, -0.05) is 47.5 Å². The summed E-state index contributed by atoms with van der Waals surface area (Å²) in [6.45, 7) is 0.825. The number of urea groups is 1. The van der Waals surface area contributed by atoms with E-state index in [-0.39, 0.29) is 6.03 Å². The van der Waals surface area contributed by atoms with Crippen LogP contribution in [0.4, 0.5) is 10.5 Å². The summed E-state index contributed by atoms with van der Waals surface area (Å²) in [7, 11) is 4.81. The van der Waals surface area contributed by atoms with E-state index >= 15 is 0 Å². The molecule has 0 aliphatic carbocycles. The maximum absolute atomic E-state index is 13.2. The maximum atomic E-state index is 13.2. The van der Waals surface area contributed by atoms with Gasteiger partial charge < -0.3 is 24.4 Å². The highest BCUT2D eigenvalue weighted by molar-refractivity contribution is 6.42. The Hall–Kier alpha value is -3.09. The summed E-state index contributed by atoms with van der Waals surface area (Å²) in [6.07, 6.45) is 0.615. The summed E-state index contributed by atoms with van der Waals surface area (Å²) in [6, 6.07) is 18.1. The third-order valence-electron chi connectivity index (χ3n) is 5.13. The predicted octanol–water partition coefficient (Wildman–Crippen LogP) is 6.30. The van der Waals surface area contributed by atoms with Crippen LogP contribution < -0.4 is 19.5 Å². The fourth-order valence-corrected chi connectivity index (χ4v) is 3.67. The largest absolute Gasteiger partial charge is 0.496 e. The molecular formula is C25H26Cl2N2O4. The fourth-order valence-electron chi connectivity index (χ4n) is 3.37. The maximum Gasteiger partial charge on any atom is 0.322 e. The van der Waals surface area contributed by atoms with Crippen molar-refractivity contribution in [2.45, 2.75) is 13.0 Å². The molecule has 1 N–H and O–H groups in total. The lowest BCUT2D eigenvalue weighted by molar-refractivity contribution is 0.209. The highest BCUT2D eigenvalue weighted by Crippen LogP contribution is 2.28. The number of hydrogen-bond acceptors (Lipinski definition) is 4.